The molecular weight excluding hydrogens is 254 g/mol. The fourth-order valence-electron chi connectivity index (χ4n) is 2.49. The van der Waals surface area contributed by atoms with Crippen LogP contribution in [-0.4, -0.2) is 25.3 Å². The van der Waals surface area contributed by atoms with E-state index in [1.807, 2.05) is 30.3 Å². The third-order valence-electron chi connectivity index (χ3n) is 3.48. The van der Waals surface area contributed by atoms with Gasteiger partial charge in [0.05, 0.1) is 18.6 Å². The van der Waals surface area contributed by atoms with Gasteiger partial charge in [0.1, 0.15) is 12.7 Å². The minimum Gasteiger partial charge on any atom is -0.486 e. The van der Waals surface area contributed by atoms with E-state index in [0.717, 1.165) is 24.5 Å². The topological polar surface area (TPSA) is 43.6 Å². The Morgan fingerprint density at radius 2 is 2.10 bits per heavy atom. The van der Waals surface area contributed by atoms with Gasteiger partial charge in [0.2, 0.25) is 0 Å². The Bertz CT molecular complexity index is 538. The zero-order valence-electron chi connectivity index (χ0n) is 11.5. The number of nitrogens with one attached hydrogen (secondary N) is 1. The average molecular weight is 273 g/mol. The van der Waals surface area contributed by atoms with Crippen molar-refractivity contribution in [1.82, 2.24) is 5.32 Å². The third-order valence-corrected chi connectivity index (χ3v) is 3.48. The van der Waals surface area contributed by atoms with Crippen LogP contribution in [0.15, 0.2) is 47.3 Å². The molecule has 20 heavy (non-hydrogen) atoms. The van der Waals surface area contributed by atoms with Crippen LogP contribution in [0.5, 0.6) is 11.5 Å². The zero-order valence-corrected chi connectivity index (χ0v) is 11.5. The summed E-state index contributed by atoms with van der Waals surface area (Å²) in [5.74, 6) is 1.64. The smallest absolute Gasteiger partial charge is 0.161 e. The molecule has 0 fully saturated rings. The van der Waals surface area contributed by atoms with Crippen LogP contribution in [0.3, 0.4) is 0 Å². The predicted octanol–water partition coefficient (Wildman–Crippen LogP) is 2.64. The van der Waals surface area contributed by atoms with Gasteiger partial charge in [0.15, 0.2) is 11.5 Å². The molecule has 0 radical (unpaired) electrons. The second-order valence-electron chi connectivity index (χ2n) is 4.91. The Morgan fingerprint density at radius 1 is 1.25 bits per heavy atom. The molecule has 1 aliphatic rings. The highest BCUT2D eigenvalue weighted by Crippen LogP contribution is 2.32. The van der Waals surface area contributed by atoms with Crippen LogP contribution in [0.1, 0.15) is 12.5 Å². The van der Waals surface area contributed by atoms with Crippen molar-refractivity contribution in [3.05, 3.63) is 48.4 Å². The number of rotatable bonds is 5. The summed E-state index contributed by atoms with van der Waals surface area (Å²) < 4.78 is 17.0. The molecule has 2 aromatic rings. The molecule has 4 heteroatoms. The lowest BCUT2D eigenvalue weighted by Crippen LogP contribution is -2.49. The van der Waals surface area contributed by atoms with Crippen molar-refractivity contribution in [1.29, 1.82) is 0 Å². The van der Waals surface area contributed by atoms with Gasteiger partial charge < -0.3 is 19.2 Å². The number of furan rings is 1. The molecule has 1 N–H and O–H groups in total. The van der Waals surface area contributed by atoms with Gasteiger partial charge in [-0.1, -0.05) is 19.1 Å². The number of likely N-dealkylation sites (N-methyl/N-ethyl adjacent to an activating group) is 1. The molecule has 0 bridgehead atoms. The predicted molar refractivity (Wildman–Crippen MR) is 76.2 cm³/mol. The number of fused-ring (bicyclic) bond motifs is 1. The molecule has 2 atom stereocenters. The first kappa shape index (κ1) is 13.1. The van der Waals surface area contributed by atoms with Gasteiger partial charge >= 0.3 is 0 Å². The Kier molecular flexibility index (Phi) is 3.92. The van der Waals surface area contributed by atoms with Crippen LogP contribution in [0.4, 0.5) is 0 Å². The summed E-state index contributed by atoms with van der Waals surface area (Å²) in [6, 6.07) is 9.98. The van der Waals surface area contributed by atoms with E-state index in [1.165, 1.54) is 5.56 Å². The summed E-state index contributed by atoms with van der Waals surface area (Å²) in [6.45, 7) is 3.55. The van der Waals surface area contributed by atoms with Crippen molar-refractivity contribution in [3.8, 4) is 11.5 Å². The summed E-state index contributed by atoms with van der Waals surface area (Å²) in [7, 11) is 0. The highest BCUT2D eigenvalue weighted by molar-refractivity contribution is 5.40. The monoisotopic (exact) mass is 273 g/mol. The van der Waals surface area contributed by atoms with Crippen LogP contribution in [0.2, 0.25) is 0 Å². The molecule has 1 aromatic carbocycles. The Hall–Kier alpha value is -1.94. The quantitative estimate of drug-likeness (QED) is 0.909. The lowest BCUT2D eigenvalue weighted by Gasteiger charge is -2.32. The van der Waals surface area contributed by atoms with Gasteiger partial charge in [-0.15, -0.1) is 0 Å². The first-order chi connectivity index (χ1) is 9.86. The van der Waals surface area contributed by atoms with E-state index in [4.69, 9.17) is 13.9 Å². The highest BCUT2D eigenvalue weighted by Gasteiger charge is 2.28. The fraction of sp³-hybridized carbons (Fsp3) is 0.375. The fourth-order valence-corrected chi connectivity index (χ4v) is 2.49. The molecule has 1 aromatic heterocycles. The molecule has 0 aliphatic carbocycles. The van der Waals surface area contributed by atoms with E-state index < -0.39 is 0 Å². The second kappa shape index (κ2) is 6.01. The van der Waals surface area contributed by atoms with Crippen LogP contribution in [0.25, 0.3) is 0 Å². The minimum atomic E-state index is -0.000231. The van der Waals surface area contributed by atoms with Crippen LogP contribution < -0.4 is 14.8 Å². The van der Waals surface area contributed by atoms with E-state index in [-0.39, 0.29) is 12.1 Å². The summed E-state index contributed by atoms with van der Waals surface area (Å²) >= 11 is 0. The summed E-state index contributed by atoms with van der Waals surface area (Å²) in [4.78, 5) is 0. The number of benzene rings is 1. The third kappa shape index (κ3) is 2.80. The SMILES string of the molecule is CCNC(Cc1ccoc1)C1COc2ccccc2O1. The van der Waals surface area contributed by atoms with Gasteiger partial charge in [-0.05, 0) is 36.7 Å². The Balaban J connectivity index is 1.72. The van der Waals surface area contributed by atoms with Crippen molar-refractivity contribution in [2.24, 2.45) is 0 Å². The largest absolute Gasteiger partial charge is 0.486 e. The van der Waals surface area contributed by atoms with E-state index in [9.17, 15) is 0 Å². The lowest BCUT2D eigenvalue weighted by molar-refractivity contribution is 0.0624. The lowest BCUT2D eigenvalue weighted by atomic mass is 10.0. The van der Waals surface area contributed by atoms with E-state index in [0.29, 0.717) is 6.61 Å². The van der Waals surface area contributed by atoms with Gasteiger partial charge in [0.25, 0.3) is 0 Å². The molecule has 3 rings (SSSR count). The van der Waals surface area contributed by atoms with Gasteiger partial charge in [-0.25, -0.2) is 0 Å². The maximum absolute atomic E-state index is 6.08. The van der Waals surface area contributed by atoms with E-state index >= 15 is 0 Å². The van der Waals surface area contributed by atoms with Gasteiger partial charge in [0, 0.05) is 0 Å². The maximum Gasteiger partial charge on any atom is 0.161 e. The van der Waals surface area contributed by atoms with E-state index in [2.05, 4.69) is 12.2 Å². The molecule has 0 saturated heterocycles. The standard InChI is InChI=1S/C16H19NO3/c1-2-17-13(9-12-7-8-18-10-12)16-11-19-14-5-3-4-6-15(14)20-16/h3-8,10,13,16-17H,2,9,11H2,1H3. The van der Waals surface area contributed by atoms with Crippen molar-refractivity contribution in [2.45, 2.75) is 25.5 Å². The Morgan fingerprint density at radius 3 is 2.85 bits per heavy atom. The first-order valence-corrected chi connectivity index (χ1v) is 6.99. The number of ether oxygens (including phenoxy) is 2. The van der Waals surface area contributed by atoms with Crippen molar-refractivity contribution >= 4 is 0 Å². The molecule has 0 amide bonds. The number of hydrogen-bond acceptors (Lipinski definition) is 4. The normalized spacial score (nSPS) is 18.8. The number of para-hydroxylation sites is 2. The van der Waals surface area contributed by atoms with Crippen LogP contribution in [0, 0.1) is 0 Å². The second-order valence-corrected chi connectivity index (χ2v) is 4.91. The van der Waals surface area contributed by atoms with Crippen molar-refractivity contribution in [3.63, 3.8) is 0 Å². The summed E-state index contributed by atoms with van der Waals surface area (Å²) in [5, 5.41) is 3.47. The average Bonchev–Trinajstić information content (AvgIpc) is 2.99. The van der Waals surface area contributed by atoms with E-state index in [1.54, 1.807) is 12.5 Å². The molecule has 2 unspecified atom stereocenters. The van der Waals surface area contributed by atoms with Gasteiger partial charge in [-0.2, -0.15) is 0 Å². The van der Waals surface area contributed by atoms with Gasteiger partial charge in [-0.3, -0.25) is 0 Å². The minimum absolute atomic E-state index is 0.000231. The summed E-state index contributed by atoms with van der Waals surface area (Å²) in [5.41, 5.74) is 1.17. The molecular formula is C16H19NO3. The van der Waals surface area contributed by atoms with Crippen molar-refractivity contribution < 1.29 is 13.9 Å². The molecule has 4 nitrogen and oxygen atoms in total. The molecule has 1 aliphatic heterocycles. The number of hydrogen-bond donors (Lipinski definition) is 1. The maximum atomic E-state index is 6.08. The Labute approximate surface area is 118 Å². The van der Waals surface area contributed by atoms with Crippen LogP contribution in [-0.2, 0) is 6.42 Å². The van der Waals surface area contributed by atoms with Crippen LogP contribution >= 0.6 is 0 Å². The molecule has 2 heterocycles. The molecule has 0 spiro atoms. The zero-order chi connectivity index (χ0) is 13.8. The van der Waals surface area contributed by atoms with Crippen molar-refractivity contribution in [2.75, 3.05) is 13.2 Å². The first-order valence-electron chi connectivity index (χ1n) is 6.99. The molecule has 106 valence electrons. The summed E-state index contributed by atoms with van der Waals surface area (Å²) in [6.07, 6.45) is 4.34. The highest BCUT2D eigenvalue weighted by atomic mass is 16.6. The molecule has 0 saturated carbocycles.